The third-order valence-electron chi connectivity index (χ3n) is 3.25. The van der Waals surface area contributed by atoms with Crippen LogP contribution in [0.15, 0.2) is 36.4 Å². The van der Waals surface area contributed by atoms with Gasteiger partial charge in [0, 0.05) is 13.1 Å². The van der Waals surface area contributed by atoms with Crippen LogP contribution in [0.5, 0.6) is 5.75 Å². The van der Waals surface area contributed by atoms with E-state index in [1.165, 1.54) is 11.6 Å². The van der Waals surface area contributed by atoms with E-state index >= 15 is 0 Å². The Morgan fingerprint density at radius 3 is 2.57 bits per heavy atom. The van der Waals surface area contributed by atoms with Gasteiger partial charge in [-0.2, -0.15) is 0 Å². The number of nitro groups is 1. The molecule has 0 saturated carbocycles. The molecule has 21 heavy (non-hydrogen) atoms. The highest BCUT2D eigenvalue weighted by Crippen LogP contribution is 2.26. The smallest absolute Gasteiger partial charge is 0.292 e. The summed E-state index contributed by atoms with van der Waals surface area (Å²) in [6, 6.07) is 11.0. The first-order valence-electron chi connectivity index (χ1n) is 6.66. The molecule has 0 aliphatic heterocycles. The number of benzene rings is 2. The molecule has 1 N–H and O–H groups in total. The van der Waals surface area contributed by atoms with Gasteiger partial charge in [-0.05, 0) is 37.1 Å². The summed E-state index contributed by atoms with van der Waals surface area (Å²) in [5, 5.41) is 13.8. The van der Waals surface area contributed by atoms with Gasteiger partial charge in [0.1, 0.15) is 18.0 Å². The summed E-state index contributed by atoms with van der Waals surface area (Å²) >= 11 is 0. The lowest BCUT2D eigenvalue weighted by Gasteiger charge is -2.10. The van der Waals surface area contributed by atoms with E-state index in [1.54, 1.807) is 13.1 Å². The minimum atomic E-state index is -0.396. The van der Waals surface area contributed by atoms with Crippen molar-refractivity contribution < 1.29 is 9.66 Å². The predicted octanol–water partition coefficient (Wildman–Crippen LogP) is 3.83. The van der Waals surface area contributed by atoms with Crippen molar-refractivity contribution in [2.75, 3.05) is 12.4 Å². The van der Waals surface area contributed by atoms with Crippen molar-refractivity contribution in [1.82, 2.24) is 0 Å². The Hall–Kier alpha value is -2.56. The second kappa shape index (κ2) is 6.26. The maximum atomic E-state index is 11.0. The fourth-order valence-corrected chi connectivity index (χ4v) is 2.15. The summed E-state index contributed by atoms with van der Waals surface area (Å²) < 4.78 is 5.74. The van der Waals surface area contributed by atoms with Crippen LogP contribution in [0.4, 0.5) is 11.4 Å². The zero-order chi connectivity index (χ0) is 15.4. The number of nitro benzene ring substituents is 1. The Labute approximate surface area is 123 Å². The second-order valence-electron chi connectivity index (χ2n) is 4.92. The molecule has 0 aliphatic carbocycles. The SMILES string of the molecule is CNc1ccc(COc2ccc(C)cc2C)cc1[N+](=O)[O-]. The van der Waals surface area contributed by atoms with Crippen LogP contribution in [-0.4, -0.2) is 12.0 Å². The van der Waals surface area contributed by atoms with Crippen LogP contribution in [0.3, 0.4) is 0 Å². The monoisotopic (exact) mass is 286 g/mol. The summed E-state index contributed by atoms with van der Waals surface area (Å²) in [5.41, 5.74) is 3.54. The van der Waals surface area contributed by atoms with Gasteiger partial charge in [-0.1, -0.05) is 23.8 Å². The first kappa shape index (κ1) is 14.8. The Balaban J connectivity index is 2.16. The first-order chi connectivity index (χ1) is 10.0. The summed E-state index contributed by atoms with van der Waals surface area (Å²) in [6.07, 6.45) is 0. The van der Waals surface area contributed by atoms with Crippen LogP contribution in [0.25, 0.3) is 0 Å². The molecule has 0 fully saturated rings. The Bertz CT molecular complexity index is 669. The van der Waals surface area contributed by atoms with E-state index in [2.05, 4.69) is 5.32 Å². The largest absolute Gasteiger partial charge is 0.489 e. The minimum absolute atomic E-state index is 0.0548. The van der Waals surface area contributed by atoms with Crippen molar-refractivity contribution in [1.29, 1.82) is 0 Å². The number of hydrogen-bond acceptors (Lipinski definition) is 4. The van der Waals surface area contributed by atoms with Crippen molar-refractivity contribution in [3.05, 3.63) is 63.2 Å². The highest BCUT2D eigenvalue weighted by atomic mass is 16.6. The van der Waals surface area contributed by atoms with Crippen LogP contribution in [0.1, 0.15) is 16.7 Å². The third-order valence-corrected chi connectivity index (χ3v) is 3.25. The molecule has 0 amide bonds. The molecular weight excluding hydrogens is 268 g/mol. The lowest BCUT2D eigenvalue weighted by molar-refractivity contribution is -0.384. The summed E-state index contributed by atoms with van der Waals surface area (Å²) in [5.74, 6) is 0.793. The molecule has 0 aromatic heterocycles. The maximum absolute atomic E-state index is 11.0. The van der Waals surface area contributed by atoms with Gasteiger partial charge in [-0.3, -0.25) is 10.1 Å². The normalized spacial score (nSPS) is 10.2. The maximum Gasteiger partial charge on any atom is 0.292 e. The van der Waals surface area contributed by atoms with Gasteiger partial charge >= 0.3 is 0 Å². The van der Waals surface area contributed by atoms with Gasteiger partial charge in [0.25, 0.3) is 5.69 Å². The Kier molecular flexibility index (Phi) is 4.42. The minimum Gasteiger partial charge on any atom is -0.489 e. The van der Waals surface area contributed by atoms with Gasteiger partial charge < -0.3 is 10.1 Å². The first-order valence-corrected chi connectivity index (χ1v) is 6.66. The van der Waals surface area contributed by atoms with Crippen molar-refractivity contribution in [3.63, 3.8) is 0 Å². The van der Waals surface area contributed by atoms with Crippen LogP contribution < -0.4 is 10.1 Å². The zero-order valence-corrected chi connectivity index (χ0v) is 12.3. The molecule has 0 heterocycles. The van der Waals surface area contributed by atoms with E-state index in [1.807, 2.05) is 38.1 Å². The van der Waals surface area contributed by atoms with E-state index in [0.717, 1.165) is 16.9 Å². The number of anilines is 1. The van der Waals surface area contributed by atoms with Crippen molar-refractivity contribution in [2.45, 2.75) is 20.5 Å². The summed E-state index contributed by atoms with van der Waals surface area (Å²) in [4.78, 5) is 10.6. The van der Waals surface area contributed by atoms with Gasteiger partial charge in [0.05, 0.1) is 4.92 Å². The Morgan fingerprint density at radius 2 is 1.95 bits per heavy atom. The molecule has 2 aromatic rings. The summed E-state index contributed by atoms with van der Waals surface area (Å²) in [7, 11) is 1.66. The standard InChI is InChI=1S/C16H18N2O3/c1-11-4-7-16(12(2)8-11)21-10-13-5-6-14(17-3)15(9-13)18(19)20/h4-9,17H,10H2,1-3H3. The van der Waals surface area contributed by atoms with Gasteiger partial charge in [0.15, 0.2) is 0 Å². The predicted molar refractivity (Wildman–Crippen MR) is 82.9 cm³/mol. The number of ether oxygens (including phenoxy) is 1. The molecule has 0 saturated heterocycles. The van der Waals surface area contributed by atoms with E-state index in [-0.39, 0.29) is 5.69 Å². The average molecular weight is 286 g/mol. The topological polar surface area (TPSA) is 64.4 Å². The van der Waals surface area contributed by atoms with Crippen LogP contribution in [-0.2, 0) is 6.61 Å². The average Bonchev–Trinajstić information content (AvgIpc) is 2.46. The quantitative estimate of drug-likeness (QED) is 0.670. The molecule has 0 unspecified atom stereocenters. The highest BCUT2D eigenvalue weighted by molar-refractivity contribution is 5.62. The lowest BCUT2D eigenvalue weighted by atomic mass is 10.1. The van der Waals surface area contributed by atoms with E-state index in [0.29, 0.717) is 12.3 Å². The third kappa shape index (κ3) is 3.51. The lowest BCUT2D eigenvalue weighted by Crippen LogP contribution is -2.01. The second-order valence-corrected chi connectivity index (χ2v) is 4.92. The number of rotatable bonds is 5. The molecular formula is C16H18N2O3. The van der Waals surface area contributed by atoms with Crippen molar-refractivity contribution in [3.8, 4) is 5.75 Å². The zero-order valence-electron chi connectivity index (χ0n) is 12.3. The molecule has 5 heteroatoms. The molecule has 0 bridgehead atoms. The fourth-order valence-electron chi connectivity index (χ4n) is 2.15. The fraction of sp³-hybridized carbons (Fsp3) is 0.250. The molecule has 110 valence electrons. The summed E-state index contributed by atoms with van der Waals surface area (Å²) in [6.45, 7) is 4.31. The molecule has 2 aromatic carbocycles. The Morgan fingerprint density at radius 1 is 1.19 bits per heavy atom. The molecule has 0 spiro atoms. The van der Waals surface area contributed by atoms with Gasteiger partial charge in [0.2, 0.25) is 0 Å². The highest BCUT2D eigenvalue weighted by Gasteiger charge is 2.13. The number of hydrogen-bond donors (Lipinski definition) is 1. The number of nitrogens with one attached hydrogen (secondary N) is 1. The van der Waals surface area contributed by atoms with E-state index in [4.69, 9.17) is 4.74 Å². The molecule has 5 nitrogen and oxygen atoms in total. The van der Waals surface area contributed by atoms with E-state index < -0.39 is 4.92 Å². The van der Waals surface area contributed by atoms with Crippen molar-refractivity contribution >= 4 is 11.4 Å². The number of aryl methyl sites for hydroxylation is 2. The molecule has 0 atom stereocenters. The van der Waals surface area contributed by atoms with Crippen LogP contribution in [0.2, 0.25) is 0 Å². The number of nitrogens with zero attached hydrogens (tertiary/aromatic N) is 1. The molecule has 0 aliphatic rings. The molecule has 0 radical (unpaired) electrons. The van der Waals surface area contributed by atoms with Crippen LogP contribution in [0, 0.1) is 24.0 Å². The molecule has 2 rings (SSSR count). The van der Waals surface area contributed by atoms with Crippen molar-refractivity contribution in [2.24, 2.45) is 0 Å². The van der Waals surface area contributed by atoms with Gasteiger partial charge in [-0.15, -0.1) is 0 Å². The van der Waals surface area contributed by atoms with Gasteiger partial charge in [-0.25, -0.2) is 0 Å². The van der Waals surface area contributed by atoms with Crippen LogP contribution >= 0.6 is 0 Å². The van der Waals surface area contributed by atoms with E-state index in [9.17, 15) is 10.1 Å².